The highest BCUT2D eigenvalue weighted by Crippen LogP contribution is 2.22. The molecule has 0 heterocycles. The topological polar surface area (TPSA) is 17.1 Å². The highest BCUT2D eigenvalue weighted by Gasteiger charge is 2.20. The largest absolute Gasteiger partial charge is 0.294 e. The van der Waals surface area contributed by atoms with Crippen molar-refractivity contribution in [2.45, 2.75) is 100 Å². The molecule has 0 aromatic heterocycles. The van der Waals surface area contributed by atoms with Gasteiger partial charge in [0, 0.05) is 11.5 Å². The van der Waals surface area contributed by atoms with Gasteiger partial charge < -0.3 is 0 Å². The summed E-state index contributed by atoms with van der Waals surface area (Å²) in [6, 6.07) is 0. The minimum atomic E-state index is 0.158. The molecule has 2 atom stereocenters. The van der Waals surface area contributed by atoms with E-state index in [1.807, 2.05) is 39.0 Å². The third-order valence-electron chi connectivity index (χ3n) is 4.21. The fraction of sp³-hybridized carbons (Fsp3) is 0.708. The molecular weight excluding hydrogens is 304 g/mol. The van der Waals surface area contributed by atoms with Crippen LogP contribution in [0.1, 0.15) is 100 Å². The quantitative estimate of drug-likeness (QED) is 0.208. The number of carbonyl (C=O) groups is 1. The Kier molecular flexibility index (Phi) is 26.3. The molecule has 0 N–H and O–H groups in total. The molecule has 1 heteroatoms. The van der Waals surface area contributed by atoms with Crippen LogP contribution in [0.15, 0.2) is 36.5 Å². The van der Waals surface area contributed by atoms with Crippen molar-refractivity contribution in [1.82, 2.24) is 0 Å². The first-order chi connectivity index (χ1) is 12.0. The summed E-state index contributed by atoms with van der Waals surface area (Å²) in [4.78, 5) is 12.3. The summed E-state index contributed by atoms with van der Waals surface area (Å²) in [7, 11) is 0. The normalized spacial score (nSPS) is 13.2. The second-order valence-electron chi connectivity index (χ2n) is 6.26. The first kappa shape index (κ1) is 28.7. The van der Waals surface area contributed by atoms with Crippen LogP contribution in [0.2, 0.25) is 0 Å². The van der Waals surface area contributed by atoms with Crippen molar-refractivity contribution >= 4 is 5.78 Å². The van der Waals surface area contributed by atoms with Gasteiger partial charge in [-0.05, 0) is 25.7 Å². The molecule has 0 bridgehead atoms. The van der Waals surface area contributed by atoms with Gasteiger partial charge in [0.25, 0.3) is 0 Å². The van der Waals surface area contributed by atoms with Crippen molar-refractivity contribution in [3.63, 3.8) is 0 Å². The summed E-state index contributed by atoms with van der Waals surface area (Å²) in [5.41, 5.74) is 0.806. The van der Waals surface area contributed by atoms with Crippen molar-refractivity contribution < 1.29 is 4.79 Å². The van der Waals surface area contributed by atoms with Gasteiger partial charge in [-0.15, -0.1) is 0 Å². The molecule has 0 radical (unpaired) electrons. The van der Waals surface area contributed by atoms with E-state index < -0.39 is 0 Å². The van der Waals surface area contributed by atoms with Crippen LogP contribution in [-0.2, 0) is 4.79 Å². The van der Waals surface area contributed by atoms with Crippen molar-refractivity contribution in [2.75, 3.05) is 0 Å². The average molecular weight is 351 g/mol. The Hall–Kier alpha value is -1.11. The molecule has 0 rings (SSSR count). The summed E-state index contributed by atoms with van der Waals surface area (Å²) in [6.07, 6.45) is 15.9. The molecule has 0 aromatic carbocycles. The van der Waals surface area contributed by atoms with E-state index in [1.54, 1.807) is 6.08 Å². The predicted molar refractivity (Wildman–Crippen MR) is 117 cm³/mol. The minimum Gasteiger partial charge on any atom is -0.294 e. The zero-order valence-corrected chi connectivity index (χ0v) is 18.5. The minimum absolute atomic E-state index is 0.158. The summed E-state index contributed by atoms with van der Waals surface area (Å²) in [5, 5.41) is 0. The second-order valence-corrected chi connectivity index (χ2v) is 6.26. The predicted octanol–water partition coefficient (Wildman–Crippen LogP) is 8.32. The van der Waals surface area contributed by atoms with Crippen molar-refractivity contribution in [2.24, 2.45) is 11.8 Å². The molecule has 25 heavy (non-hydrogen) atoms. The number of allylic oxidation sites excluding steroid dienone is 5. The molecule has 0 aromatic rings. The SMILES string of the molecule is C=C/C=C\C(=C/C)C(=O)C(CC)CC(C)CC.CC.CCCCCC. The first-order valence-electron chi connectivity index (χ1n) is 10.5. The number of Topliss-reactive ketones (excluding diaryl/α,β-unsaturated/α-hetero) is 1. The molecule has 0 spiro atoms. The van der Waals surface area contributed by atoms with E-state index >= 15 is 0 Å². The molecule has 0 aliphatic carbocycles. The van der Waals surface area contributed by atoms with Crippen LogP contribution >= 0.6 is 0 Å². The molecular formula is C24H46O. The number of ketones is 1. The highest BCUT2D eigenvalue weighted by molar-refractivity contribution is 5.99. The van der Waals surface area contributed by atoms with E-state index in [1.165, 1.54) is 25.7 Å². The van der Waals surface area contributed by atoms with E-state index in [0.717, 1.165) is 24.8 Å². The first-order valence-corrected chi connectivity index (χ1v) is 10.5. The number of unbranched alkanes of at least 4 members (excludes halogenated alkanes) is 3. The smallest absolute Gasteiger partial charge is 0.165 e. The Balaban J connectivity index is -0.000000507. The lowest BCUT2D eigenvalue weighted by molar-refractivity contribution is -0.119. The Bertz CT molecular complexity index is 345. The fourth-order valence-electron chi connectivity index (χ4n) is 2.34. The molecule has 0 amide bonds. The van der Waals surface area contributed by atoms with E-state index in [9.17, 15) is 4.79 Å². The zero-order chi connectivity index (χ0) is 20.1. The second kappa shape index (κ2) is 22.9. The van der Waals surface area contributed by atoms with Gasteiger partial charge in [0.15, 0.2) is 5.78 Å². The van der Waals surface area contributed by atoms with Gasteiger partial charge in [-0.2, -0.15) is 0 Å². The number of carbonyl (C=O) groups excluding carboxylic acids is 1. The summed E-state index contributed by atoms with van der Waals surface area (Å²) in [6.45, 7) is 20.5. The highest BCUT2D eigenvalue weighted by atomic mass is 16.1. The van der Waals surface area contributed by atoms with Crippen LogP contribution in [0.4, 0.5) is 0 Å². The summed E-state index contributed by atoms with van der Waals surface area (Å²) < 4.78 is 0. The number of hydrogen-bond acceptors (Lipinski definition) is 1. The standard InChI is InChI=1S/C16H26O.C6H14.C2H6/c1-6-10-11-14(8-3)16(17)15(9-4)12-13(5)7-2;1-3-5-6-4-2;1-2/h6,8,10-11,13,15H,1,7,9,12H2,2-5H3;3-6H2,1-2H3;1-2H3/b11-10-,14-8+;;. The third-order valence-corrected chi connectivity index (χ3v) is 4.21. The maximum atomic E-state index is 12.3. The van der Waals surface area contributed by atoms with Crippen molar-refractivity contribution in [3.8, 4) is 0 Å². The van der Waals surface area contributed by atoms with E-state index in [4.69, 9.17) is 0 Å². The monoisotopic (exact) mass is 350 g/mol. The molecule has 2 unspecified atom stereocenters. The Morgan fingerprint density at radius 3 is 1.84 bits per heavy atom. The zero-order valence-electron chi connectivity index (χ0n) is 18.5. The maximum absolute atomic E-state index is 12.3. The number of rotatable bonds is 11. The average Bonchev–Trinajstić information content (AvgIpc) is 2.66. The van der Waals surface area contributed by atoms with Gasteiger partial charge in [-0.25, -0.2) is 0 Å². The van der Waals surface area contributed by atoms with Gasteiger partial charge >= 0.3 is 0 Å². The van der Waals surface area contributed by atoms with Crippen LogP contribution in [-0.4, -0.2) is 5.78 Å². The summed E-state index contributed by atoms with van der Waals surface area (Å²) in [5.74, 6) is 1.05. The van der Waals surface area contributed by atoms with Crippen LogP contribution in [0.3, 0.4) is 0 Å². The van der Waals surface area contributed by atoms with Crippen molar-refractivity contribution in [1.29, 1.82) is 0 Å². The number of hydrogen-bond donors (Lipinski definition) is 0. The Labute approximate surface area is 159 Å². The van der Waals surface area contributed by atoms with Gasteiger partial charge in [0.05, 0.1) is 0 Å². The molecule has 0 aliphatic heterocycles. The van der Waals surface area contributed by atoms with Crippen LogP contribution < -0.4 is 0 Å². The van der Waals surface area contributed by atoms with Gasteiger partial charge in [0.2, 0.25) is 0 Å². The molecule has 0 fully saturated rings. The van der Waals surface area contributed by atoms with Crippen LogP contribution in [0.25, 0.3) is 0 Å². The summed E-state index contributed by atoms with van der Waals surface area (Å²) >= 11 is 0. The molecule has 0 saturated carbocycles. The molecule has 148 valence electrons. The Morgan fingerprint density at radius 2 is 1.52 bits per heavy atom. The van der Waals surface area contributed by atoms with Gasteiger partial charge in [0.1, 0.15) is 0 Å². The van der Waals surface area contributed by atoms with E-state index in [-0.39, 0.29) is 11.7 Å². The van der Waals surface area contributed by atoms with Gasteiger partial charge in [-0.3, -0.25) is 4.79 Å². The lowest BCUT2D eigenvalue weighted by atomic mass is 9.86. The molecule has 0 saturated heterocycles. The van der Waals surface area contributed by atoms with Crippen molar-refractivity contribution in [3.05, 3.63) is 36.5 Å². The Morgan fingerprint density at radius 1 is 1.00 bits per heavy atom. The van der Waals surface area contributed by atoms with Crippen LogP contribution in [0, 0.1) is 11.8 Å². The molecule has 0 aliphatic rings. The van der Waals surface area contributed by atoms with E-state index in [2.05, 4.69) is 41.2 Å². The lowest BCUT2D eigenvalue weighted by Crippen LogP contribution is -2.18. The maximum Gasteiger partial charge on any atom is 0.165 e. The van der Waals surface area contributed by atoms with E-state index in [0.29, 0.717) is 5.92 Å². The third kappa shape index (κ3) is 17.5. The fourth-order valence-corrected chi connectivity index (χ4v) is 2.34. The van der Waals surface area contributed by atoms with Gasteiger partial charge in [-0.1, -0.05) is 111 Å². The lowest BCUT2D eigenvalue weighted by Gasteiger charge is -2.18. The van der Waals surface area contributed by atoms with Crippen LogP contribution in [0.5, 0.6) is 0 Å². The molecule has 1 nitrogen and oxygen atoms in total.